The predicted molar refractivity (Wildman–Crippen MR) is 89.6 cm³/mol. The molecule has 24 heavy (non-hydrogen) atoms. The Bertz CT molecular complexity index is 753. The van der Waals surface area contributed by atoms with Crippen LogP contribution in [-0.4, -0.2) is 17.5 Å². The summed E-state index contributed by atoms with van der Waals surface area (Å²) in [6.07, 6.45) is 2.38. The van der Waals surface area contributed by atoms with Crippen LogP contribution in [-0.2, 0) is 6.42 Å². The van der Waals surface area contributed by atoms with E-state index in [2.05, 4.69) is 6.58 Å². The molecule has 2 aromatic rings. The number of benzene rings is 2. The molecule has 0 aromatic heterocycles. The minimum atomic E-state index is -0.610. The van der Waals surface area contributed by atoms with Crippen LogP contribution in [0.15, 0.2) is 55.1 Å². The fourth-order valence-corrected chi connectivity index (χ4v) is 2.08. The zero-order chi connectivity index (χ0) is 17.5. The van der Waals surface area contributed by atoms with E-state index in [1.54, 1.807) is 18.2 Å². The maximum Gasteiger partial charge on any atom is 0.343 e. The van der Waals surface area contributed by atoms with Crippen molar-refractivity contribution >= 4 is 11.7 Å². The van der Waals surface area contributed by atoms with Crippen molar-refractivity contribution < 1.29 is 19.2 Å². The molecule has 0 fully saturated rings. The van der Waals surface area contributed by atoms with Crippen molar-refractivity contribution in [1.29, 1.82) is 0 Å². The van der Waals surface area contributed by atoms with Crippen LogP contribution in [0.25, 0.3) is 0 Å². The third kappa shape index (κ3) is 4.19. The summed E-state index contributed by atoms with van der Waals surface area (Å²) in [6.45, 7) is 5.95. The Kier molecular flexibility index (Phi) is 5.68. The number of carbonyl (C=O) groups excluding carboxylic acids is 1. The Morgan fingerprint density at radius 3 is 2.50 bits per heavy atom. The molecule has 0 aliphatic carbocycles. The molecule has 0 amide bonds. The first kappa shape index (κ1) is 17.2. The second-order valence-electron chi connectivity index (χ2n) is 4.90. The molecule has 6 nitrogen and oxygen atoms in total. The highest BCUT2D eigenvalue weighted by molar-refractivity contribution is 5.91. The van der Waals surface area contributed by atoms with Gasteiger partial charge in [-0.3, -0.25) is 10.1 Å². The van der Waals surface area contributed by atoms with Crippen molar-refractivity contribution in [1.82, 2.24) is 0 Å². The molecule has 0 aliphatic rings. The predicted octanol–water partition coefficient (Wildman–Crippen LogP) is 3.94. The first-order valence-electron chi connectivity index (χ1n) is 7.38. The third-order valence-electron chi connectivity index (χ3n) is 3.20. The summed E-state index contributed by atoms with van der Waals surface area (Å²) in [7, 11) is 0. The molecule has 0 saturated carbocycles. The van der Waals surface area contributed by atoms with E-state index >= 15 is 0 Å². The van der Waals surface area contributed by atoms with Gasteiger partial charge >= 0.3 is 5.97 Å². The number of hydrogen-bond donors (Lipinski definition) is 0. The summed E-state index contributed by atoms with van der Waals surface area (Å²) in [5.41, 5.74) is 1.06. The van der Waals surface area contributed by atoms with Crippen molar-refractivity contribution in [2.45, 2.75) is 13.3 Å². The number of esters is 1. The van der Waals surface area contributed by atoms with Crippen LogP contribution < -0.4 is 9.47 Å². The molecule has 0 radical (unpaired) electrons. The van der Waals surface area contributed by atoms with E-state index < -0.39 is 10.9 Å². The number of nitrogens with zero attached hydrogens (tertiary/aromatic N) is 1. The number of carbonyl (C=O) groups is 1. The zero-order valence-corrected chi connectivity index (χ0v) is 13.2. The van der Waals surface area contributed by atoms with E-state index in [4.69, 9.17) is 9.47 Å². The van der Waals surface area contributed by atoms with Crippen LogP contribution in [0.3, 0.4) is 0 Å². The van der Waals surface area contributed by atoms with Gasteiger partial charge < -0.3 is 9.47 Å². The molecule has 0 unspecified atom stereocenters. The van der Waals surface area contributed by atoms with Gasteiger partial charge in [-0.25, -0.2) is 4.79 Å². The largest absolute Gasteiger partial charge is 0.490 e. The van der Waals surface area contributed by atoms with E-state index in [1.165, 1.54) is 24.3 Å². The number of ether oxygens (including phenoxy) is 2. The second kappa shape index (κ2) is 7.92. The van der Waals surface area contributed by atoms with Gasteiger partial charge in [0.15, 0.2) is 11.5 Å². The topological polar surface area (TPSA) is 78.7 Å². The van der Waals surface area contributed by atoms with Crippen molar-refractivity contribution in [3.8, 4) is 11.5 Å². The van der Waals surface area contributed by atoms with Crippen LogP contribution in [0, 0.1) is 10.1 Å². The molecule has 0 heterocycles. The van der Waals surface area contributed by atoms with Gasteiger partial charge in [-0.1, -0.05) is 12.1 Å². The summed E-state index contributed by atoms with van der Waals surface area (Å²) in [5.74, 6) is 0.154. The van der Waals surface area contributed by atoms with E-state index in [0.29, 0.717) is 24.5 Å². The van der Waals surface area contributed by atoms with E-state index in [9.17, 15) is 14.9 Å². The average molecular weight is 327 g/mol. The van der Waals surface area contributed by atoms with Crippen LogP contribution in [0.5, 0.6) is 11.5 Å². The molecule has 0 atom stereocenters. The van der Waals surface area contributed by atoms with E-state index in [0.717, 1.165) is 5.56 Å². The lowest BCUT2D eigenvalue weighted by atomic mass is 10.1. The minimum Gasteiger partial charge on any atom is -0.490 e. The molecule has 0 spiro atoms. The number of allylic oxidation sites excluding steroid dienone is 1. The number of rotatable bonds is 7. The molecular formula is C18H17NO5. The molecule has 0 bridgehead atoms. The van der Waals surface area contributed by atoms with Crippen LogP contribution in [0.4, 0.5) is 5.69 Å². The summed E-state index contributed by atoms with van der Waals surface area (Å²) in [5, 5.41) is 10.7. The lowest BCUT2D eigenvalue weighted by Crippen LogP contribution is -2.10. The Morgan fingerprint density at radius 2 is 1.92 bits per heavy atom. The third-order valence-corrected chi connectivity index (χ3v) is 3.20. The summed E-state index contributed by atoms with van der Waals surface area (Å²) >= 11 is 0. The molecule has 0 aliphatic heterocycles. The van der Waals surface area contributed by atoms with Crippen molar-refractivity contribution in [3.63, 3.8) is 0 Å². The van der Waals surface area contributed by atoms with Gasteiger partial charge in [0, 0.05) is 12.1 Å². The lowest BCUT2D eigenvalue weighted by molar-refractivity contribution is -0.384. The monoisotopic (exact) mass is 327 g/mol. The first-order valence-corrected chi connectivity index (χ1v) is 7.38. The Labute approximate surface area is 139 Å². The van der Waals surface area contributed by atoms with Crippen molar-refractivity contribution in [2.75, 3.05) is 6.61 Å². The quantitative estimate of drug-likeness (QED) is 0.253. The number of hydrogen-bond acceptors (Lipinski definition) is 5. The lowest BCUT2D eigenvalue weighted by Gasteiger charge is -2.12. The smallest absolute Gasteiger partial charge is 0.343 e. The van der Waals surface area contributed by atoms with Crippen LogP contribution in [0.1, 0.15) is 22.8 Å². The normalized spacial score (nSPS) is 10.0. The van der Waals surface area contributed by atoms with Gasteiger partial charge in [-0.2, -0.15) is 0 Å². The van der Waals surface area contributed by atoms with Gasteiger partial charge in [0.1, 0.15) is 0 Å². The van der Waals surface area contributed by atoms with E-state index in [-0.39, 0.29) is 11.3 Å². The molecule has 124 valence electrons. The maximum atomic E-state index is 12.3. The summed E-state index contributed by atoms with van der Waals surface area (Å²) < 4.78 is 10.9. The Morgan fingerprint density at radius 1 is 1.21 bits per heavy atom. The first-order chi connectivity index (χ1) is 11.5. The number of nitro benzene ring substituents is 1. The molecular weight excluding hydrogens is 310 g/mol. The molecule has 2 aromatic carbocycles. The summed E-state index contributed by atoms with van der Waals surface area (Å²) in [6, 6.07) is 10.6. The maximum absolute atomic E-state index is 12.3. The number of nitro groups is 1. The number of non-ortho nitro benzene ring substituents is 1. The minimum absolute atomic E-state index is 0.0884. The van der Waals surface area contributed by atoms with Gasteiger partial charge in [0.05, 0.1) is 17.1 Å². The average Bonchev–Trinajstić information content (AvgIpc) is 2.57. The highest BCUT2D eigenvalue weighted by atomic mass is 16.6. The van der Waals surface area contributed by atoms with Crippen molar-refractivity contribution in [3.05, 3.63) is 76.4 Å². The highest BCUT2D eigenvalue weighted by Crippen LogP contribution is 2.29. The van der Waals surface area contributed by atoms with Gasteiger partial charge in [0.25, 0.3) is 5.69 Å². The fraction of sp³-hybridized carbons (Fsp3) is 0.167. The van der Waals surface area contributed by atoms with Crippen LogP contribution in [0.2, 0.25) is 0 Å². The molecule has 0 saturated heterocycles. The fourth-order valence-electron chi connectivity index (χ4n) is 2.08. The Hall–Kier alpha value is -3.15. The molecule has 6 heteroatoms. The highest BCUT2D eigenvalue weighted by Gasteiger charge is 2.15. The molecule has 2 rings (SSSR count). The van der Waals surface area contributed by atoms with Crippen LogP contribution >= 0.6 is 0 Å². The Balaban J connectivity index is 2.24. The standard InChI is InChI=1S/C18H17NO5/c1-3-5-13-6-11-16(23-4-2)17(12-13)24-18(20)14-7-9-15(10-8-14)19(21)22/h3,6-12H,1,4-5H2,2H3. The van der Waals surface area contributed by atoms with Gasteiger partial charge in [-0.15, -0.1) is 6.58 Å². The SMILES string of the molecule is C=CCc1ccc(OCC)c(OC(=O)c2ccc([N+](=O)[O-])cc2)c1. The summed E-state index contributed by atoms with van der Waals surface area (Å²) in [4.78, 5) is 22.4. The van der Waals surface area contributed by atoms with Gasteiger partial charge in [-0.05, 0) is 43.2 Å². The molecule has 0 N–H and O–H groups in total. The second-order valence-corrected chi connectivity index (χ2v) is 4.90. The zero-order valence-electron chi connectivity index (χ0n) is 13.2. The van der Waals surface area contributed by atoms with Crippen molar-refractivity contribution in [2.24, 2.45) is 0 Å². The van der Waals surface area contributed by atoms with Gasteiger partial charge in [0.2, 0.25) is 0 Å². The van der Waals surface area contributed by atoms with E-state index in [1.807, 2.05) is 13.0 Å².